The number of nitrogens with zero attached hydrogens (tertiary/aromatic N) is 2. The summed E-state index contributed by atoms with van der Waals surface area (Å²) in [4.78, 5) is 26.5. The molecule has 1 aliphatic rings. The molecule has 1 unspecified atom stereocenters. The zero-order chi connectivity index (χ0) is 12.8. The Labute approximate surface area is 101 Å². The van der Waals surface area contributed by atoms with Gasteiger partial charge in [-0.3, -0.25) is 14.5 Å². The number of amides is 1. The van der Waals surface area contributed by atoms with Gasteiger partial charge in [-0.1, -0.05) is 0 Å². The van der Waals surface area contributed by atoms with E-state index in [1.165, 1.54) is 7.11 Å². The number of hydrogen-bond acceptors (Lipinski definition) is 5. The maximum absolute atomic E-state index is 11.5. The standard InChI is InChI=1S/C11H20N2O4/c1-12(2)10(14)4-5-13-6-7-17-8-9(13)11(15)16-3/h9H,4-8H2,1-3H3. The molecule has 1 saturated heterocycles. The van der Waals surface area contributed by atoms with Crippen molar-refractivity contribution in [1.82, 2.24) is 9.80 Å². The van der Waals surface area contributed by atoms with Gasteiger partial charge < -0.3 is 14.4 Å². The van der Waals surface area contributed by atoms with Crippen LogP contribution in [0.5, 0.6) is 0 Å². The van der Waals surface area contributed by atoms with Gasteiger partial charge >= 0.3 is 5.97 Å². The zero-order valence-corrected chi connectivity index (χ0v) is 10.6. The van der Waals surface area contributed by atoms with Crippen molar-refractivity contribution in [3.63, 3.8) is 0 Å². The second-order valence-corrected chi connectivity index (χ2v) is 4.19. The van der Waals surface area contributed by atoms with Crippen LogP contribution >= 0.6 is 0 Å². The Kier molecular flexibility index (Phi) is 5.37. The monoisotopic (exact) mass is 244 g/mol. The highest BCUT2D eigenvalue weighted by molar-refractivity contribution is 5.77. The maximum atomic E-state index is 11.5. The van der Waals surface area contributed by atoms with Crippen molar-refractivity contribution in [3.05, 3.63) is 0 Å². The Bertz CT molecular complexity index is 281. The first kappa shape index (κ1) is 13.9. The van der Waals surface area contributed by atoms with Gasteiger partial charge in [0.05, 0.1) is 20.3 Å². The number of ether oxygens (including phenoxy) is 2. The van der Waals surface area contributed by atoms with Crippen molar-refractivity contribution in [2.24, 2.45) is 0 Å². The predicted octanol–water partition coefficient (Wildman–Crippen LogP) is -0.661. The van der Waals surface area contributed by atoms with Crippen molar-refractivity contribution in [2.45, 2.75) is 12.5 Å². The molecule has 1 atom stereocenters. The first-order chi connectivity index (χ1) is 8.06. The Morgan fingerprint density at radius 1 is 1.47 bits per heavy atom. The molecule has 0 spiro atoms. The Morgan fingerprint density at radius 2 is 2.18 bits per heavy atom. The van der Waals surface area contributed by atoms with E-state index in [1.54, 1.807) is 19.0 Å². The van der Waals surface area contributed by atoms with E-state index in [-0.39, 0.29) is 17.9 Å². The average molecular weight is 244 g/mol. The summed E-state index contributed by atoms with van der Waals surface area (Å²) in [7, 11) is 4.80. The fourth-order valence-corrected chi connectivity index (χ4v) is 1.72. The molecule has 17 heavy (non-hydrogen) atoms. The Morgan fingerprint density at radius 3 is 2.76 bits per heavy atom. The molecule has 0 saturated carbocycles. The predicted molar refractivity (Wildman–Crippen MR) is 61.5 cm³/mol. The summed E-state index contributed by atoms with van der Waals surface area (Å²) in [5.41, 5.74) is 0. The molecule has 6 nitrogen and oxygen atoms in total. The fourth-order valence-electron chi connectivity index (χ4n) is 1.72. The van der Waals surface area contributed by atoms with Crippen molar-refractivity contribution in [3.8, 4) is 0 Å². The third-order valence-electron chi connectivity index (χ3n) is 2.82. The van der Waals surface area contributed by atoms with Gasteiger partial charge in [0, 0.05) is 33.6 Å². The lowest BCUT2D eigenvalue weighted by molar-refractivity contribution is -0.153. The molecule has 0 aromatic heterocycles. The molecule has 1 heterocycles. The van der Waals surface area contributed by atoms with Crippen LogP contribution in [0, 0.1) is 0 Å². The van der Waals surface area contributed by atoms with Gasteiger partial charge in [-0.05, 0) is 0 Å². The van der Waals surface area contributed by atoms with Gasteiger partial charge in [0.1, 0.15) is 6.04 Å². The van der Waals surface area contributed by atoms with Crippen molar-refractivity contribution in [1.29, 1.82) is 0 Å². The largest absolute Gasteiger partial charge is 0.468 e. The highest BCUT2D eigenvalue weighted by atomic mass is 16.5. The summed E-state index contributed by atoms with van der Waals surface area (Å²) in [5, 5.41) is 0. The van der Waals surface area contributed by atoms with Crippen LogP contribution in [-0.4, -0.2) is 75.2 Å². The first-order valence-electron chi connectivity index (χ1n) is 5.66. The maximum Gasteiger partial charge on any atom is 0.325 e. The van der Waals surface area contributed by atoms with Gasteiger partial charge in [-0.15, -0.1) is 0 Å². The molecule has 0 bridgehead atoms. The zero-order valence-electron chi connectivity index (χ0n) is 10.6. The third kappa shape index (κ3) is 3.98. The topological polar surface area (TPSA) is 59.1 Å². The van der Waals surface area contributed by atoms with E-state index in [2.05, 4.69) is 0 Å². The number of carbonyl (C=O) groups is 2. The smallest absolute Gasteiger partial charge is 0.325 e. The lowest BCUT2D eigenvalue weighted by Gasteiger charge is -2.33. The van der Waals surface area contributed by atoms with Gasteiger partial charge in [-0.2, -0.15) is 0 Å². The second-order valence-electron chi connectivity index (χ2n) is 4.19. The van der Waals surface area contributed by atoms with Crippen molar-refractivity contribution >= 4 is 11.9 Å². The highest BCUT2D eigenvalue weighted by Crippen LogP contribution is 2.09. The molecule has 0 radical (unpaired) electrons. The van der Waals surface area contributed by atoms with Crippen LogP contribution < -0.4 is 0 Å². The van der Waals surface area contributed by atoms with Crippen LogP contribution in [0.15, 0.2) is 0 Å². The van der Waals surface area contributed by atoms with Crippen LogP contribution in [0.25, 0.3) is 0 Å². The minimum atomic E-state index is -0.385. The summed E-state index contributed by atoms with van der Waals surface area (Å²) < 4.78 is 9.97. The highest BCUT2D eigenvalue weighted by Gasteiger charge is 2.30. The van der Waals surface area contributed by atoms with Crippen molar-refractivity contribution < 1.29 is 19.1 Å². The number of hydrogen-bond donors (Lipinski definition) is 0. The lowest BCUT2D eigenvalue weighted by atomic mass is 10.2. The van der Waals surface area contributed by atoms with Crippen LogP contribution in [0.3, 0.4) is 0 Å². The molecule has 0 aromatic carbocycles. The van der Waals surface area contributed by atoms with Gasteiger partial charge in [0.25, 0.3) is 0 Å². The molecular formula is C11H20N2O4. The Balaban J connectivity index is 2.48. The van der Waals surface area contributed by atoms with E-state index in [0.717, 1.165) is 0 Å². The average Bonchev–Trinajstić information content (AvgIpc) is 2.35. The fraction of sp³-hybridized carbons (Fsp3) is 0.818. The molecular weight excluding hydrogens is 224 g/mol. The third-order valence-corrected chi connectivity index (χ3v) is 2.82. The number of morpholine rings is 1. The molecule has 1 fully saturated rings. The minimum absolute atomic E-state index is 0.0557. The van der Waals surface area contributed by atoms with E-state index in [9.17, 15) is 9.59 Å². The summed E-state index contributed by atoms with van der Waals surface area (Å²) in [6, 6.07) is -0.385. The van der Waals surface area contributed by atoms with E-state index < -0.39 is 0 Å². The van der Waals surface area contributed by atoms with Crippen LogP contribution in [0.4, 0.5) is 0 Å². The number of methoxy groups -OCH3 is 1. The van der Waals surface area contributed by atoms with Crippen LogP contribution in [0.1, 0.15) is 6.42 Å². The van der Waals surface area contributed by atoms with E-state index in [1.807, 2.05) is 4.90 Å². The number of esters is 1. The van der Waals surface area contributed by atoms with Crippen LogP contribution in [0.2, 0.25) is 0 Å². The summed E-state index contributed by atoms with van der Waals surface area (Å²) in [6.45, 7) is 2.13. The molecule has 0 N–H and O–H groups in total. The van der Waals surface area contributed by atoms with Crippen LogP contribution in [-0.2, 0) is 19.1 Å². The lowest BCUT2D eigenvalue weighted by Crippen LogP contribution is -2.51. The summed E-state index contributed by atoms with van der Waals surface area (Å²) in [5.74, 6) is -0.248. The normalized spacial score (nSPS) is 21.0. The van der Waals surface area contributed by atoms with Gasteiger partial charge in [0.15, 0.2) is 0 Å². The summed E-state index contributed by atoms with van der Waals surface area (Å²) >= 11 is 0. The molecule has 1 aliphatic heterocycles. The molecule has 6 heteroatoms. The second kappa shape index (κ2) is 6.56. The quantitative estimate of drug-likeness (QED) is 0.614. The van der Waals surface area contributed by atoms with Crippen molar-refractivity contribution in [2.75, 3.05) is 47.5 Å². The Hall–Kier alpha value is -1.14. The number of rotatable bonds is 4. The van der Waals surface area contributed by atoms with E-state index in [4.69, 9.17) is 9.47 Å². The molecule has 1 rings (SSSR count). The summed E-state index contributed by atoms with van der Waals surface area (Å²) in [6.07, 6.45) is 0.403. The van der Waals surface area contributed by atoms with Gasteiger partial charge in [-0.25, -0.2) is 0 Å². The molecule has 0 aromatic rings. The van der Waals surface area contributed by atoms with E-state index in [0.29, 0.717) is 32.7 Å². The van der Waals surface area contributed by atoms with E-state index >= 15 is 0 Å². The number of carbonyl (C=O) groups excluding carboxylic acids is 2. The van der Waals surface area contributed by atoms with Gasteiger partial charge in [0.2, 0.25) is 5.91 Å². The minimum Gasteiger partial charge on any atom is -0.468 e. The molecule has 1 amide bonds. The molecule has 0 aliphatic carbocycles. The first-order valence-corrected chi connectivity index (χ1v) is 5.66. The molecule has 98 valence electrons. The SMILES string of the molecule is COC(=O)C1COCCN1CCC(=O)N(C)C.